The number of methoxy groups -OCH3 is 1. The second-order valence-corrected chi connectivity index (χ2v) is 6.26. The summed E-state index contributed by atoms with van der Waals surface area (Å²) in [7, 11) is -2.75. The minimum Gasteiger partial charge on any atom is -0.497 e. The first kappa shape index (κ1) is 16.3. The van der Waals surface area contributed by atoms with Crippen LogP contribution < -0.4 is 4.74 Å². The Morgan fingerprint density at radius 1 is 1.18 bits per heavy atom. The minimum absolute atomic E-state index is 0.645. The molecule has 0 saturated heterocycles. The molecule has 1 atom stereocenters. The summed E-state index contributed by atoms with van der Waals surface area (Å²) in [5, 5.41) is 1.88. The lowest BCUT2D eigenvalue weighted by atomic mass is 9.98. The summed E-state index contributed by atoms with van der Waals surface area (Å²) in [4.78, 5) is 11.8. The third-order valence-corrected chi connectivity index (χ3v) is 3.69. The topological polar surface area (TPSA) is 89.9 Å². The third-order valence-electron chi connectivity index (χ3n) is 3.28. The zero-order valence-corrected chi connectivity index (χ0v) is 13.0. The van der Waals surface area contributed by atoms with Crippen LogP contribution in [0, 0.1) is 0 Å². The predicted octanol–water partition coefficient (Wildman–Crippen LogP) is 2.34. The lowest BCUT2D eigenvalue weighted by Crippen LogP contribution is -2.18. The molecule has 2 aromatic carbocycles. The summed E-state index contributed by atoms with van der Waals surface area (Å²) < 4.78 is 39.5. The van der Waals surface area contributed by atoms with Gasteiger partial charge in [0, 0.05) is 0 Å². The van der Waals surface area contributed by atoms with Crippen LogP contribution in [-0.4, -0.2) is 32.0 Å². The first-order chi connectivity index (χ1) is 10.3. The highest BCUT2D eigenvalue weighted by molar-refractivity contribution is 7.85. The van der Waals surface area contributed by atoms with Gasteiger partial charge in [0.05, 0.1) is 13.0 Å². The van der Waals surface area contributed by atoms with E-state index in [4.69, 9.17) is 9.29 Å². The van der Waals surface area contributed by atoms with Crippen LogP contribution in [0.3, 0.4) is 0 Å². The molecule has 2 aromatic rings. The number of rotatable bonds is 5. The fraction of sp³-hybridized carbons (Fsp3) is 0.267. The van der Waals surface area contributed by atoms with Gasteiger partial charge in [0.2, 0.25) is 5.94 Å². The number of ether oxygens (including phenoxy) is 2. The molecule has 22 heavy (non-hydrogen) atoms. The highest BCUT2D eigenvalue weighted by Gasteiger charge is 2.19. The van der Waals surface area contributed by atoms with E-state index in [1.165, 1.54) is 0 Å². The maximum absolute atomic E-state index is 11.8. The second-order valence-electron chi connectivity index (χ2n) is 4.86. The van der Waals surface area contributed by atoms with Crippen LogP contribution in [0.5, 0.6) is 5.75 Å². The monoisotopic (exact) mass is 324 g/mol. The van der Waals surface area contributed by atoms with Gasteiger partial charge in [0.1, 0.15) is 5.75 Å². The Bertz CT molecular complexity index is 797. The van der Waals surface area contributed by atoms with E-state index in [1.807, 2.05) is 30.3 Å². The lowest BCUT2D eigenvalue weighted by Gasteiger charge is -2.12. The maximum atomic E-state index is 11.8. The molecule has 0 aromatic heterocycles. The number of hydrogen-bond acceptors (Lipinski definition) is 5. The summed E-state index contributed by atoms with van der Waals surface area (Å²) in [5.41, 5.74) is 0.693. The Balaban J connectivity index is 2.21. The van der Waals surface area contributed by atoms with Crippen LogP contribution in [0.2, 0.25) is 0 Å². The Kier molecular flexibility index (Phi) is 4.68. The van der Waals surface area contributed by atoms with Crippen molar-refractivity contribution in [3.63, 3.8) is 0 Å². The molecule has 0 aliphatic carbocycles. The van der Waals surface area contributed by atoms with Crippen molar-refractivity contribution in [2.75, 3.05) is 13.0 Å². The van der Waals surface area contributed by atoms with Gasteiger partial charge in [-0.3, -0.25) is 9.35 Å². The fourth-order valence-corrected chi connectivity index (χ4v) is 2.30. The zero-order valence-electron chi connectivity index (χ0n) is 12.1. The van der Waals surface area contributed by atoms with Crippen LogP contribution in [0.1, 0.15) is 18.4 Å². The largest absolute Gasteiger partial charge is 0.497 e. The standard InChI is InChI=1S/C15H16O6S/c1-10(15(16)21-9-22(17,18)19)11-3-4-13-8-14(20-2)6-5-12(13)7-11/h3-8,10H,9H2,1-2H3,(H,17,18,19). The van der Waals surface area contributed by atoms with Crippen LogP contribution in [0.25, 0.3) is 10.8 Å². The van der Waals surface area contributed by atoms with Gasteiger partial charge in [-0.1, -0.05) is 24.3 Å². The molecule has 1 unspecified atom stereocenters. The van der Waals surface area contributed by atoms with Crippen LogP contribution in [-0.2, 0) is 19.6 Å². The average molecular weight is 324 g/mol. The van der Waals surface area contributed by atoms with Crippen molar-refractivity contribution >= 4 is 26.9 Å². The summed E-state index contributed by atoms with van der Waals surface area (Å²) in [5.74, 6) is -1.67. The molecule has 0 amide bonds. The molecule has 6 nitrogen and oxygen atoms in total. The molecule has 0 heterocycles. The van der Waals surface area contributed by atoms with Crippen molar-refractivity contribution in [3.8, 4) is 5.75 Å². The van der Waals surface area contributed by atoms with E-state index in [0.29, 0.717) is 5.56 Å². The van der Waals surface area contributed by atoms with Crippen molar-refractivity contribution in [2.45, 2.75) is 12.8 Å². The van der Waals surface area contributed by atoms with Crippen LogP contribution >= 0.6 is 0 Å². The maximum Gasteiger partial charge on any atom is 0.314 e. The Labute approximate surface area is 128 Å². The van der Waals surface area contributed by atoms with E-state index in [1.54, 1.807) is 20.1 Å². The van der Waals surface area contributed by atoms with Gasteiger partial charge in [-0.15, -0.1) is 0 Å². The second kappa shape index (κ2) is 6.33. The Morgan fingerprint density at radius 2 is 1.82 bits per heavy atom. The van der Waals surface area contributed by atoms with Gasteiger partial charge in [-0.05, 0) is 35.4 Å². The minimum atomic E-state index is -4.33. The zero-order chi connectivity index (χ0) is 16.3. The molecule has 1 N–H and O–H groups in total. The molecule has 0 spiro atoms. The highest BCUT2D eigenvalue weighted by atomic mass is 32.2. The number of fused-ring (bicyclic) bond motifs is 1. The van der Waals surface area contributed by atoms with E-state index >= 15 is 0 Å². The Hall–Kier alpha value is -2.12. The molecule has 0 bridgehead atoms. The number of benzene rings is 2. The lowest BCUT2D eigenvalue weighted by molar-refractivity contribution is -0.143. The summed E-state index contributed by atoms with van der Waals surface area (Å²) in [6.45, 7) is 1.61. The van der Waals surface area contributed by atoms with E-state index in [-0.39, 0.29) is 0 Å². The molecule has 0 aliphatic heterocycles. The smallest absolute Gasteiger partial charge is 0.314 e. The van der Waals surface area contributed by atoms with Crippen molar-refractivity contribution in [3.05, 3.63) is 42.0 Å². The van der Waals surface area contributed by atoms with Gasteiger partial charge < -0.3 is 9.47 Å². The summed E-state index contributed by atoms with van der Waals surface area (Å²) in [6, 6.07) is 11.0. The van der Waals surface area contributed by atoms with Crippen molar-refractivity contribution < 1.29 is 27.2 Å². The van der Waals surface area contributed by atoms with Gasteiger partial charge in [0.15, 0.2) is 0 Å². The predicted molar refractivity (Wildman–Crippen MR) is 81.4 cm³/mol. The number of hydrogen-bond donors (Lipinski definition) is 1. The first-order valence-electron chi connectivity index (χ1n) is 6.49. The quantitative estimate of drug-likeness (QED) is 0.670. The molecule has 0 aliphatic rings. The highest BCUT2D eigenvalue weighted by Crippen LogP contribution is 2.25. The van der Waals surface area contributed by atoms with Gasteiger partial charge in [-0.2, -0.15) is 8.42 Å². The molecule has 0 fully saturated rings. The SMILES string of the molecule is COc1ccc2cc(C(C)C(=O)OCS(=O)(=O)O)ccc2c1. The van der Waals surface area contributed by atoms with Crippen molar-refractivity contribution in [1.29, 1.82) is 0 Å². The molecule has 7 heteroatoms. The molecular formula is C15H16O6S. The summed E-state index contributed by atoms with van der Waals surface area (Å²) >= 11 is 0. The number of carbonyl (C=O) groups excluding carboxylic acids is 1. The third kappa shape index (κ3) is 3.96. The molecule has 118 valence electrons. The van der Waals surface area contributed by atoms with E-state index in [2.05, 4.69) is 4.74 Å². The first-order valence-corrected chi connectivity index (χ1v) is 8.10. The average Bonchev–Trinajstić information content (AvgIpc) is 2.50. The van der Waals surface area contributed by atoms with Gasteiger partial charge in [0.25, 0.3) is 0 Å². The fourth-order valence-electron chi connectivity index (χ4n) is 2.03. The van der Waals surface area contributed by atoms with Gasteiger partial charge in [-0.25, -0.2) is 0 Å². The molecular weight excluding hydrogens is 308 g/mol. The van der Waals surface area contributed by atoms with E-state index < -0.39 is 27.9 Å². The van der Waals surface area contributed by atoms with Crippen molar-refractivity contribution in [1.82, 2.24) is 0 Å². The van der Waals surface area contributed by atoms with Crippen LogP contribution in [0.4, 0.5) is 0 Å². The van der Waals surface area contributed by atoms with E-state index in [0.717, 1.165) is 16.5 Å². The molecule has 0 saturated carbocycles. The van der Waals surface area contributed by atoms with Crippen molar-refractivity contribution in [2.24, 2.45) is 0 Å². The molecule has 2 rings (SSSR count). The van der Waals surface area contributed by atoms with Gasteiger partial charge >= 0.3 is 16.1 Å². The Morgan fingerprint density at radius 3 is 2.45 bits per heavy atom. The van der Waals surface area contributed by atoms with E-state index in [9.17, 15) is 13.2 Å². The number of esters is 1. The summed E-state index contributed by atoms with van der Waals surface area (Å²) in [6.07, 6.45) is 0. The molecule has 0 radical (unpaired) electrons. The van der Waals surface area contributed by atoms with Crippen LogP contribution in [0.15, 0.2) is 36.4 Å². The number of carbonyl (C=O) groups is 1. The normalized spacial score (nSPS) is 12.9.